The van der Waals surface area contributed by atoms with Crippen molar-refractivity contribution in [1.29, 1.82) is 0 Å². The van der Waals surface area contributed by atoms with Crippen molar-refractivity contribution < 1.29 is 38.8 Å². The van der Waals surface area contributed by atoms with Crippen molar-refractivity contribution in [1.82, 2.24) is 0 Å². The van der Waals surface area contributed by atoms with Crippen LogP contribution in [0, 0.1) is 28.6 Å². The molecule has 8 heteroatoms. The first-order valence-corrected chi connectivity index (χ1v) is 11.5. The van der Waals surface area contributed by atoms with Gasteiger partial charge in [-0.3, -0.25) is 4.79 Å². The van der Waals surface area contributed by atoms with E-state index in [1.165, 1.54) is 7.11 Å². The fraction of sp³-hybridized carbons (Fsp3) is 0.792. The predicted molar refractivity (Wildman–Crippen MR) is 112 cm³/mol. The summed E-state index contributed by atoms with van der Waals surface area (Å²) < 4.78 is 14.7. The summed E-state index contributed by atoms with van der Waals surface area (Å²) in [5, 5.41) is 23.3. The zero-order valence-corrected chi connectivity index (χ0v) is 19.3. The summed E-state index contributed by atoms with van der Waals surface area (Å²) in [6, 6.07) is 0. The fourth-order valence-corrected chi connectivity index (χ4v) is 7.75. The maximum atomic E-state index is 12.6. The molecule has 0 unspecified atom stereocenters. The summed E-state index contributed by atoms with van der Waals surface area (Å²) in [7, 11) is 2.32. The number of methoxy groups -OCH3 is 2. The van der Waals surface area contributed by atoms with Gasteiger partial charge in [-0.15, -0.1) is 0 Å². The van der Waals surface area contributed by atoms with Gasteiger partial charge in [0.05, 0.1) is 20.3 Å². The molecule has 0 amide bonds. The van der Waals surface area contributed by atoms with Gasteiger partial charge in [-0.05, 0) is 67.8 Å². The SMILES string of the molecule is COC(=O)O[C@@H](C(=O)OC)[C@@]1(O)CC[C@H]2[C@@H]3CCC4=CC(=O)CC[C@]4(C)[C@H]3[C@@H](O)C[C@@]21C. The molecule has 8 atom stereocenters. The molecule has 0 aliphatic heterocycles. The Bertz CT molecular complexity index is 851. The largest absolute Gasteiger partial charge is 0.508 e. The normalized spacial score (nSPS) is 43.8. The van der Waals surface area contributed by atoms with Crippen LogP contribution in [0.5, 0.6) is 0 Å². The van der Waals surface area contributed by atoms with Crippen LogP contribution in [0.4, 0.5) is 4.79 Å². The number of hydrogen-bond acceptors (Lipinski definition) is 8. The van der Waals surface area contributed by atoms with Crippen LogP contribution in [0.1, 0.15) is 58.8 Å². The van der Waals surface area contributed by atoms with Gasteiger partial charge in [0.15, 0.2) is 5.78 Å². The Balaban J connectivity index is 1.71. The summed E-state index contributed by atoms with van der Waals surface area (Å²) >= 11 is 0. The van der Waals surface area contributed by atoms with Gasteiger partial charge in [-0.1, -0.05) is 19.4 Å². The maximum Gasteiger partial charge on any atom is 0.508 e. The molecule has 0 saturated heterocycles. The van der Waals surface area contributed by atoms with Gasteiger partial charge in [0.1, 0.15) is 5.60 Å². The summed E-state index contributed by atoms with van der Waals surface area (Å²) in [5.74, 6) is -0.547. The van der Waals surface area contributed by atoms with Gasteiger partial charge in [-0.2, -0.15) is 0 Å². The highest BCUT2D eigenvalue weighted by molar-refractivity contribution is 5.91. The van der Waals surface area contributed by atoms with Gasteiger partial charge >= 0.3 is 12.1 Å². The molecule has 8 nitrogen and oxygen atoms in total. The molecule has 0 heterocycles. The molecule has 0 aromatic rings. The third-order valence-corrected chi connectivity index (χ3v) is 9.34. The van der Waals surface area contributed by atoms with Crippen molar-refractivity contribution in [3.05, 3.63) is 11.6 Å². The van der Waals surface area contributed by atoms with Crippen molar-refractivity contribution in [2.45, 2.75) is 76.6 Å². The minimum absolute atomic E-state index is 0.0193. The van der Waals surface area contributed by atoms with E-state index in [4.69, 9.17) is 9.47 Å². The highest BCUT2D eigenvalue weighted by atomic mass is 16.7. The van der Waals surface area contributed by atoms with Crippen LogP contribution in [-0.2, 0) is 23.8 Å². The van der Waals surface area contributed by atoms with Crippen molar-refractivity contribution in [3.8, 4) is 0 Å². The van der Waals surface area contributed by atoms with Crippen LogP contribution in [0.2, 0.25) is 0 Å². The number of aliphatic hydroxyl groups is 2. The lowest BCUT2D eigenvalue weighted by atomic mass is 9.45. The number of esters is 1. The number of ether oxygens (including phenoxy) is 3. The Kier molecular flexibility index (Phi) is 5.69. The number of rotatable bonds is 3. The number of fused-ring (bicyclic) bond motifs is 5. The first kappa shape index (κ1) is 23.2. The second-order valence-electron chi connectivity index (χ2n) is 10.5. The van der Waals surface area contributed by atoms with Crippen LogP contribution in [-0.4, -0.2) is 60.1 Å². The average molecular weight is 451 g/mol. The average Bonchev–Trinajstić information content (AvgIpc) is 3.02. The third-order valence-electron chi connectivity index (χ3n) is 9.34. The van der Waals surface area contributed by atoms with E-state index in [1.807, 2.05) is 6.92 Å². The number of carbonyl (C=O) groups excluding carboxylic acids is 3. The summed E-state index contributed by atoms with van der Waals surface area (Å²) in [5.41, 5.74) is -1.66. The molecule has 32 heavy (non-hydrogen) atoms. The molecule has 0 bridgehead atoms. The van der Waals surface area contributed by atoms with E-state index in [0.29, 0.717) is 12.8 Å². The predicted octanol–water partition coefficient (Wildman–Crippen LogP) is 2.54. The zero-order chi connectivity index (χ0) is 23.5. The molecule has 0 radical (unpaired) electrons. The lowest BCUT2D eigenvalue weighted by molar-refractivity contribution is -0.213. The third kappa shape index (κ3) is 3.13. The Labute approximate surface area is 188 Å². The summed E-state index contributed by atoms with van der Waals surface area (Å²) in [6.45, 7) is 4.05. The molecule has 0 aromatic carbocycles. The molecule has 0 aromatic heterocycles. The second kappa shape index (κ2) is 7.83. The summed E-state index contributed by atoms with van der Waals surface area (Å²) in [6.07, 6.45) is 2.43. The smallest absolute Gasteiger partial charge is 0.466 e. The Morgan fingerprint density at radius 2 is 1.84 bits per heavy atom. The van der Waals surface area contributed by atoms with E-state index in [2.05, 4.69) is 11.7 Å². The molecule has 2 N–H and O–H groups in total. The van der Waals surface area contributed by atoms with Crippen LogP contribution in [0.15, 0.2) is 11.6 Å². The minimum atomic E-state index is -1.69. The number of hydrogen-bond donors (Lipinski definition) is 2. The lowest BCUT2D eigenvalue weighted by Gasteiger charge is -2.61. The molecule has 4 aliphatic rings. The van der Waals surface area contributed by atoms with E-state index in [1.54, 1.807) is 6.08 Å². The van der Waals surface area contributed by atoms with Crippen LogP contribution < -0.4 is 0 Å². The van der Waals surface area contributed by atoms with Crippen molar-refractivity contribution >= 4 is 17.9 Å². The highest BCUT2D eigenvalue weighted by Crippen LogP contribution is 2.68. The Hall–Kier alpha value is -1.93. The summed E-state index contributed by atoms with van der Waals surface area (Å²) in [4.78, 5) is 36.5. The lowest BCUT2D eigenvalue weighted by Crippen LogP contribution is -2.64. The minimum Gasteiger partial charge on any atom is -0.466 e. The Morgan fingerprint density at radius 3 is 2.50 bits per heavy atom. The van der Waals surface area contributed by atoms with Crippen molar-refractivity contribution in [2.75, 3.05) is 14.2 Å². The number of carbonyl (C=O) groups is 3. The number of aliphatic hydroxyl groups excluding tert-OH is 1. The van der Waals surface area contributed by atoms with Gasteiger partial charge in [-0.25, -0.2) is 9.59 Å². The highest BCUT2D eigenvalue weighted by Gasteiger charge is 2.70. The first-order chi connectivity index (χ1) is 15.0. The van der Waals surface area contributed by atoms with Crippen LogP contribution >= 0.6 is 0 Å². The topological polar surface area (TPSA) is 119 Å². The number of allylic oxidation sites excluding steroid dienone is 1. The maximum absolute atomic E-state index is 12.6. The van der Waals surface area contributed by atoms with Gasteiger partial charge < -0.3 is 24.4 Å². The molecular formula is C24H34O8. The molecule has 0 spiro atoms. The van der Waals surface area contributed by atoms with Gasteiger partial charge in [0, 0.05) is 11.8 Å². The number of ketones is 1. The van der Waals surface area contributed by atoms with Gasteiger partial charge in [0.25, 0.3) is 0 Å². The second-order valence-corrected chi connectivity index (χ2v) is 10.5. The monoisotopic (exact) mass is 450 g/mol. The van der Waals surface area contributed by atoms with Crippen LogP contribution in [0.25, 0.3) is 0 Å². The van der Waals surface area contributed by atoms with Gasteiger partial charge in [0.2, 0.25) is 6.10 Å². The van der Waals surface area contributed by atoms with E-state index in [-0.39, 0.29) is 41.8 Å². The zero-order valence-electron chi connectivity index (χ0n) is 19.3. The van der Waals surface area contributed by atoms with Crippen molar-refractivity contribution in [3.63, 3.8) is 0 Å². The standard InChI is InChI=1S/C24H34O8/c1-22-9-7-14(25)11-13(22)5-6-15-16-8-10-24(29,23(16,2)12-17(26)18(15)22)19(20(27)30-3)32-21(28)31-4/h11,15-19,26,29H,5-10,12H2,1-4H3/t15-,16-,17-,18+,19-,22-,23-,24-/m0/s1. The Morgan fingerprint density at radius 1 is 1.12 bits per heavy atom. The van der Waals surface area contributed by atoms with Crippen LogP contribution in [0.3, 0.4) is 0 Å². The molecule has 3 fully saturated rings. The molecule has 4 rings (SSSR count). The van der Waals surface area contributed by atoms with E-state index in [0.717, 1.165) is 31.9 Å². The first-order valence-electron chi connectivity index (χ1n) is 11.5. The quantitative estimate of drug-likeness (QED) is 0.630. The molecule has 178 valence electrons. The fourth-order valence-electron chi connectivity index (χ4n) is 7.75. The van der Waals surface area contributed by atoms with E-state index < -0.39 is 35.3 Å². The van der Waals surface area contributed by atoms with E-state index >= 15 is 0 Å². The molecular weight excluding hydrogens is 416 g/mol. The van der Waals surface area contributed by atoms with E-state index in [9.17, 15) is 24.6 Å². The molecule has 4 aliphatic carbocycles. The molecule has 3 saturated carbocycles. The van der Waals surface area contributed by atoms with Crippen molar-refractivity contribution in [2.24, 2.45) is 28.6 Å².